The molecule has 0 bridgehead atoms. The summed E-state index contributed by atoms with van der Waals surface area (Å²) >= 11 is 0. The first-order valence-electron chi connectivity index (χ1n) is 5.80. The Hall–Kier alpha value is -1.61. The van der Waals surface area contributed by atoms with E-state index in [1.807, 2.05) is 20.2 Å². The third kappa shape index (κ3) is 2.24. The fourth-order valence-electron chi connectivity index (χ4n) is 2.03. The van der Waals surface area contributed by atoms with Crippen LogP contribution in [-0.2, 0) is 11.2 Å². The van der Waals surface area contributed by atoms with E-state index in [1.54, 1.807) is 0 Å². The van der Waals surface area contributed by atoms with Crippen molar-refractivity contribution in [3.8, 4) is 0 Å². The molecule has 2 rings (SSSR count). The summed E-state index contributed by atoms with van der Waals surface area (Å²) < 4.78 is 0. The largest absolute Gasteiger partial charge is 0.361 e. The molecule has 3 nitrogen and oxygen atoms in total. The van der Waals surface area contributed by atoms with Crippen LogP contribution >= 0.6 is 0 Å². The standard InChI is InChI=1S/C14H18N2O/c1-10-4-5-12-11(8-16-13(12)6-10)7-14(2,9-17)15-3/h4-6,8-9,15-16H,7H2,1-3H3/t14-/m0/s1. The van der Waals surface area contributed by atoms with Gasteiger partial charge in [0, 0.05) is 17.1 Å². The van der Waals surface area contributed by atoms with Gasteiger partial charge in [-0.15, -0.1) is 0 Å². The fourth-order valence-corrected chi connectivity index (χ4v) is 2.03. The molecular weight excluding hydrogens is 212 g/mol. The monoisotopic (exact) mass is 230 g/mol. The van der Waals surface area contributed by atoms with Gasteiger partial charge in [0.05, 0.1) is 5.54 Å². The van der Waals surface area contributed by atoms with E-state index in [0.29, 0.717) is 6.42 Å². The average molecular weight is 230 g/mol. The molecule has 1 atom stereocenters. The van der Waals surface area contributed by atoms with Crippen LogP contribution in [0.5, 0.6) is 0 Å². The van der Waals surface area contributed by atoms with Crippen LogP contribution in [0.1, 0.15) is 18.1 Å². The Balaban J connectivity index is 2.40. The van der Waals surface area contributed by atoms with E-state index >= 15 is 0 Å². The molecular formula is C14H18N2O. The van der Waals surface area contributed by atoms with Gasteiger partial charge in [0.2, 0.25) is 0 Å². The van der Waals surface area contributed by atoms with Crippen molar-refractivity contribution in [1.29, 1.82) is 0 Å². The first-order valence-corrected chi connectivity index (χ1v) is 5.80. The Morgan fingerprint density at radius 2 is 2.24 bits per heavy atom. The summed E-state index contributed by atoms with van der Waals surface area (Å²) in [6.45, 7) is 3.98. The molecule has 90 valence electrons. The van der Waals surface area contributed by atoms with Gasteiger partial charge < -0.3 is 15.1 Å². The molecule has 0 saturated heterocycles. The third-order valence-electron chi connectivity index (χ3n) is 3.31. The number of carbonyl (C=O) groups is 1. The minimum Gasteiger partial charge on any atom is -0.361 e. The third-order valence-corrected chi connectivity index (χ3v) is 3.31. The molecule has 2 aromatic rings. The molecule has 17 heavy (non-hydrogen) atoms. The normalized spacial score (nSPS) is 14.8. The molecule has 0 aliphatic carbocycles. The molecule has 0 unspecified atom stereocenters. The first-order chi connectivity index (χ1) is 8.08. The molecule has 3 heteroatoms. The highest BCUT2D eigenvalue weighted by Gasteiger charge is 2.22. The number of rotatable bonds is 4. The number of nitrogens with one attached hydrogen (secondary N) is 2. The van der Waals surface area contributed by atoms with E-state index in [9.17, 15) is 4.79 Å². The van der Waals surface area contributed by atoms with Gasteiger partial charge >= 0.3 is 0 Å². The van der Waals surface area contributed by atoms with E-state index in [-0.39, 0.29) is 0 Å². The van der Waals surface area contributed by atoms with Crippen LogP contribution in [0.3, 0.4) is 0 Å². The molecule has 0 aliphatic heterocycles. The number of aromatic amines is 1. The van der Waals surface area contributed by atoms with Crippen LogP contribution in [0.25, 0.3) is 10.9 Å². The van der Waals surface area contributed by atoms with Crippen molar-refractivity contribution >= 4 is 17.2 Å². The van der Waals surface area contributed by atoms with Gasteiger partial charge in [0.15, 0.2) is 0 Å². The molecule has 2 N–H and O–H groups in total. The quantitative estimate of drug-likeness (QED) is 0.791. The lowest BCUT2D eigenvalue weighted by Crippen LogP contribution is -2.43. The Bertz CT molecular complexity index is 544. The first kappa shape index (κ1) is 11.9. The summed E-state index contributed by atoms with van der Waals surface area (Å²) in [4.78, 5) is 14.4. The molecule has 0 saturated carbocycles. The molecule has 0 spiro atoms. The van der Waals surface area contributed by atoms with Gasteiger partial charge in [-0.25, -0.2) is 0 Å². The number of aldehydes is 1. The van der Waals surface area contributed by atoms with Crippen molar-refractivity contribution in [1.82, 2.24) is 10.3 Å². The van der Waals surface area contributed by atoms with Crippen molar-refractivity contribution in [2.24, 2.45) is 0 Å². The SMILES string of the molecule is CN[C@](C)(C=O)Cc1c[nH]c2cc(C)ccc12. The molecule has 1 heterocycles. The minimum absolute atomic E-state index is 0.500. The number of hydrogen-bond donors (Lipinski definition) is 2. The summed E-state index contributed by atoms with van der Waals surface area (Å²) in [5.41, 5.74) is 3.03. The highest BCUT2D eigenvalue weighted by molar-refractivity contribution is 5.84. The van der Waals surface area contributed by atoms with Crippen LogP contribution < -0.4 is 5.32 Å². The van der Waals surface area contributed by atoms with Crippen LogP contribution in [-0.4, -0.2) is 23.9 Å². The second-order valence-electron chi connectivity index (χ2n) is 4.83. The average Bonchev–Trinajstić information content (AvgIpc) is 2.71. The van der Waals surface area contributed by atoms with Crippen molar-refractivity contribution in [3.05, 3.63) is 35.5 Å². The highest BCUT2D eigenvalue weighted by Crippen LogP contribution is 2.22. The Morgan fingerprint density at radius 3 is 2.88 bits per heavy atom. The van der Waals surface area contributed by atoms with E-state index in [4.69, 9.17) is 0 Å². The zero-order valence-electron chi connectivity index (χ0n) is 10.5. The second kappa shape index (κ2) is 4.34. The number of hydrogen-bond acceptors (Lipinski definition) is 2. The lowest BCUT2D eigenvalue weighted by molar-refractivity contribution is -0.112. The lowest BCUT2D eigenvalue weighted by atomic mass is 9.94. The predicted octanol–water partition coefficient (Wildman–Crippen LogP) is 2.20. The summed E-state index contributed by atoms with van der Waals surface area (Å²) in [6, 6.07) is 6.32. The number of carbonyl (C=O) groups excluding carboxylic acids is 1. The molecule has 1 aromatic heterocycles. The molecule has 0 amide bonds. The number of H-pyrrole nitrogens is 1. The summed E-state index contributed by atoms with van der Waals surface area (Å²) in [7, 11) is 1.81. The maximum absolute atomic E-state index is 11.1. The van der Waals surface area contributed by atoms with Crippen molar-refractivity contribution in [2.75, 3.05) is 7.05 Å². The van der Waals surface area contributed by atoms with Gasteiger partial charge in [-0.1, -0.05) is 12.1 Å². The summed E-state index contributed by atoms with van der Waals surface area (Å²) in [6.07, 6.45) is 3.65. The Kier molecular flexibility index (Phi) is 3.03. The molecule has 0 fully saturated rings. The van der Waals surface area contributed by atoms with Crippen molar-refractivity contribution < 1.29 is 4.79 Å². The smallest absolute Gasteiger partial charge is 0.140 e. The highest BCUT2D eigenvalue weighted by atomic mass is 16.1. The van der Waals surface area contributed by atoms with Crippen LogP contribution in [0, 0.1) is 6.92 Å². The zero-order valence-corrected chi connectivity index (χ0v) is 10.5. The van der Waals surface area contributed by atoms with E-state index in [2.05, 4.69) is 35.4 Å². The van der Waals surface area contributed by atoms with E-state index in [1.165, 1.54) is 16.5 Å². The fraction of sp³-hybridized carbons (Fsp3) is 0.357. The zero-order chi connectivity index (χ0) is 12.5. The Labute approximate surface area is 101 Å². The summed E-state index contributed by atoms with van der Waals surface area (Å²) in [5, 5.41) is 4.25. The van der Waals surface area contributed by atoms with E-state index < -0.39 is 5.54 Å². The van der Waals surface area contributed by atoms with Gasteiger partial charge in [-0.3, -0.25) is 0 Å². The summed E-state index contributed by atoms with van der Waals surface area (Å²) in [5.74, 6) is 0. The van der Waals surface area contributed by atoms with Crippen LogP contribution in [0.15, 0.2) is 24.4 Å². The van der Waals surface area contributed by atoms with Gasteiger partial charge in [0.1, 0.15) is 6.29 Å². The number of benzene rings is 1. The van der Waals surface area contributed by atoms with Crippen LogP contribution in [0.4, 0.5) is 0 Å². The minimum atomic E-state index is -0.500. The molecule has 0 radical (unpaired) electrons. The molecule has 1 aromatic carbocycles. The number of likely N-dealkylation sites (N-methyl/N-ethyl adjacent to an activating group) is 1. The van der Waals surface area contributed by atoms with Crippen molar-refractivity contribution in [3.63, 3.8) is 0 Å². The predicted molar refractivity (Wildman–Crippen MR) is 70.3 cm³/mol. The number of aromatic nitrogens is 1. The van der Waals surface area contributed by atoms with Crippen LogP contribution in [0.2, 0.25) is 0 Å². The van der Waals surface area contributed by atoms with Gasteiger partial charge in [0.25, 0.3) is 0 Å². The molecule has 0 aliphatic rings. The van der Waals surface area contributed by atoms with E-state index in [0.717, 1.165) is 11.8 Å². The number of fused-ring (bicyclic) bond motifs is 1. The maximum atomic E-state index is 11.1. The maximum Gasteiger partial charge on any atom is 0.140 e. The second-order valence-corrected chi connectivity index (χ2v) is 4.83. The van der Waals surface area contributed by atoms with Gasteiger partial charge in [-0.05, 0) is 44.5 Å². The number of aryl methyl sites for hydroxylation is 1. The topological polar surface area (TPSA) is 44.9 Å². The van der Waals surface area contributed by atoms with Gasteiger partial charge in [-0.2, -0.15) is 0 Å². The Morgan fingerprint density at radius 1 is 1.47 bits per heavy atom. The lowest BCUT2D eigenvalue weighted by Gasteiger charge is -2.21. The van der Waals surface area contributed by atoms with Crippen molar-refractivity contribution in [2.45, 2.75) is 25.8 Å².